The highest BCUT2D eigenvalue weighted by molar-refractivity contribution is 8.03. The van der Waals surface area contributed by atoms with Crippen LogP contribution in [0.15, 0.2) is 24.3 Å². The van der Waals surface area contributed by atoms with Gasteiger partial charge in [-0.1, -0.05) is 29.8 Å². The van der Waals surface area contributed by atoms with Crippen molar-refractivity contribution in [2.24, 2.45) is 0 Å². The summed E-state index contributed by atoms with van der Waals surface area (Å²) in [6, 6.07) is 9.99. The first-order valence-corrected chi connectivity index (χ1v) is 9.59. The third-order valence-corrected chi connectivity index (χ3v) is 6.18. The van der Waals surface area contributed by atoms with Crippen LogP contribution in [-0.4, -0.2) is 54.6 Å². The third-order valence-electron chi connectivity index (χ3n) is 3.66. The molecule has 0 spiro atoms. The zero-order valence-electron chi connectivity index (χ0n) is 12.8. The summed E-state index contributed by atoms with van der Waals surface area (Å²) < 4.78 is 0. The van der Waals surface area contributed by atoms with E-state index in [4.69, 9.17) is 0 Å². The number of likely N-dealkylation sites (N-methyl/N-ethyl adjacent to an activating group) is 1. The van der Waals surface area contributed by atoms with Crippen molar-refractivity contribution in [1.29, 1.82) is 0 Å². The van der Waals surface area contributed by atoms with Crippen molar-refractivity contribution >= 4 is 23.5 Å². The van der Waals surface area contributed by atoms with E-state index >= 15 is 0 Å². The maximum atomic E-state index is 3.78. The third kappa shape index (κ3) is 4.99. The summed E-state index contributed by atoms with van der Waals surface area (Å²) in [5.41, 5.74) is 2.76. The zero-order valence-corrected chi connectivity index (χ0v) is 14.4. The molecule has 1 heterocycles. The van der Waals surface area contributed by atoms with Gasteiger partial charge in [-0.05, 0) is 26.6 Å². The molecule has 20 heavy (non-hydrogen) atoms. The Hall–Kier alpha value is -0.160. The fraction of sp³-hybridized carbons (Fsp3) is 0.625. The second kappa shape index (κ2) is 8.32. The van der Waals surface area contributed by atoms with Gasteiger partial charge in [0.25, 0.3) is 0 Å². The molecule has 1 fully saturated rings. The van der Waals surface area contributed by atoms with Crippen LogP contribution in [-0.2, 0) is 0 Å². The lowest BCUT2D eigenvalue weighted by molar-refractivity contribution is 0.284. The SMILES string of the molecule is Cc1cccc([C@H](CNC2CSCCSC2)N(C)C)c1. The van der Waals surface area contributed by atoms with E-state index in [0.717, 1.165) is 6.54 Å². The van der Waals surface area contributed by atoms with Crippen molar-refractivity contribution in [3.8, 4) is 0 Å². The van der Waals surface area contributed by atoms with E-state index < -0.39 is 0 Å². The largest absolute Gasteiger partial charge is 0.310 e. The van der Waals surface area contributed by atoms with E-state index in [2.05, 4.69) is 79.0 Å². The molecule has 1 atom stereocenters. The Morgan fingerprint density at radius 2 is 1.95 bits per heavy atom. The van der Waals surface area contributed by atoms with Crippen LogP contribution < -0.4 is 5.32 Å². The predicted octanol–water partition coefficient (Wildman–Crippen LogP) is 3.04. The minimum atomic E-state index is 0.452. The Labute approximate surface area is 132 Å². The van der Waals surface area contributed by atoms with Gasteiger partial charge in [0, 0.05) is 41.6 Å². The van der Waals surface area contributed by atoms with Gasteiger partial charge in [-0.2, -0.15) is 23.5 Å². The number of aryl methyl sites for hydroxylation is 1. The number of benzene rings is 1. The molecule has 0 bridgehead atoms. The second-order valence-corrected chi connectivity index (χ2v) is 7.95. The number of hydrogen-bond donors (Lipinski definition) is 1. The van der Waals surface area contributed by atoms with E-state index in [9.17, 15) is 0 Å². The lowest BCUT2D eigenvalue weighted by Gasteiger charge is -2.27. The van der Waals surface area contributed by atoms with Crippen LogP contribution in [0.4, 0.5) is 0 Å². The van der Waals surface area contributed by atoms with Crippen LogP contribution >= 0.6 is 23.5 Å². The molecule has 0 aromatic heterocycles. The van der Waals surface area contributed by atoms with Crippen molar-refractivity contribution in [3.63, 3.8) is 0 Å². The number of rotatable bonds is 5. The summed E-state index contributed by atoms with van der Waals surface area (Å²) in [7, 11) is 4.34. The van der Waals surface area contributed by atoms with Gasteiger partial charge in [0.2, 0.25) is 0 Å². The number of nitrogens with one attached hydrogen (secondary N) is 1. The lowest BCUT2D eigenvalue weighted by Crippen LogP contribution is -2.39. The van der Waals surface area contributed by atoms with Crippen LogP contribution in [0.1, 0.15) is 17.2 Å². The van der Waals surface area contributed by atoms with Gasteiger partial charge in [-0.25, -0.2) is 0 Å². The standard InChI is InChI=1S/C16H26N2S2/c1-13-5-4-6-14(9-13)16(18(2)3)10-17-15-11-19-7-8-20-12-15/h4-6,9,15-17H,7-8,10-12H2,1-3H3/t16-/m0/s1. The Balaban J connectivity index is 1.95. The molecule has 1 aliphatic heterocycles. The van der Waals surface area contributed by atoms with Gasteiger partial charge in [-0.15, -0.1) is 0 Å². The van der Waals surface area contributed by atoms with Crippen LogP contribution in [0.3, 0.4) is 0 Å². The molecule has 1 aromatic carbocycles. The average Bonchev–Trinajstić information content (AvgIpc) is 2.67. The van der Waals surface area contributed by atoms with Gasteiger partial charge in [0.05, 0.1) is 0 Å². The first kappa shape index (κ1) is 16.2. The summed E-state index contributed by atoms with van der Waals surface area (Å²) in [4.78, 5) is 2.32. The van der Waals surface area contributed by atoms with Crippen molar-refractivity contribution in [2.45, 2.75) is 19.0 Å². The molecule has 1 N–H and O–H groups in total. The molecular formula is C16H26N2S2. The highest BCUT2D eigenvalue weighted by Crippen LogP contribution is 2.20. The molecule has 2 nitrogen and oxygen atoms in total. The van der Waals surface area contributed by atoms with E-state index in [1.807, 2.05) is 0 Å². The van der Waals surface area contributed by atoms with E-state index in [0.29, 0.717) is 12.1 Å². The molecule has 2 rings (SSSR count). The summed E-state index contributed by atoms with van der Waals surface area (Å²) in [6.07, 6.45) is 0. The molecule has 0 aliphatic carbocycles. The van der Waals surface area contributed by atoms with Gasteiger partial charge in [0.15, 0.2) is 0 Å². The van der Waals surface area contributed by atoms with E-state index in [1.54, 1.807) is 0 Å². The first-order chi connectivity index (χ1) is 9.66. The van der Waals surface area contributed by atoms with Crippen LogP contribution in [0.25, 0.3) is 0 Å². The molecule has 0 saturated carbocycles. The first-order valence-electron chi connectivity index (χ1n) is 7.28. The van der Waals surface area contributed by atoms with E-state index in [-0.39, 0.29) is 0 Å². The summed E-state index contributed by atoms with van der Waals surface area (Å²) >= 11 is 4.17. The normalized spacial score (nSPS) is 19.0. The smallest absolute Gasteiger partial charge is 0.0467 e. The van der Waals surface area contributed by atoms with Crippen molar-refractivity contribution in [3.05, 3.63) is 35.4 Å². The maximum absolute atomic E-state index is 3.78. The summed E-state index contributed by atoms with van der Waals surface area (Å²) in [5.74, 6) is 5.11. The Morgan fingerprint density at radius 1 is 1.25 bits per heavy atom. The van der Waals surface area contributed by atoms with Crippen LogP contribution in [0.2, 0.25) is 0 Å². The number of thioether (sulfide) groups is 2. The molecule has 0 radical (unpaired) electrons. The monoisotopic (exact) mass is 310 g/mol. The fourth-order valence-corrected chi connectivity index (χ4v) is 4.96. The second-order valence-electron chi connectivity index (χ2n) is 5.65. The van der Waals surface area contributed by atoms with Gasteiger partial charge >= 0.3 is 0 Å². The summed E-state index contributed by atoms with van der Waals surface area (Å²) in [6.45, 7) is 3.20. The molecule has 112 valence electrons. The predicted molar refractivity (Wildman–Crippen MR) is 94.0 cm³/mol. The molecule has 4 heteroatoms. The molecule has 1 aliphatic rings. The highest BCUT2D eigenvalue weighted by Gasteiger charge is 2.18. The Bertz CT molecular complexity index is 401. The Morgan fingerprint density at radius 3 is 2.55 bits per heavy atom. The average molecular weight is 311 g/mol. The highest BCUT2D eigenvalue weighted by atomic mass is 32.2. The molecule has 0 unspecified atom stereocenters. The zero-order chi connectivity index (χ0) is 14.4. The lowest BCUT2D eigenvalue weighted by atomic mass is 10.0. The fourth-order valence-electron chi connectivity index (χ4n) is 2.49. The van der Waals surface area contributed by atoms with Crippen molar-refractivity contribution < 1.29 is 0 Å². The Kier molecular flexibility index (Phi) is 6.75. The van der Waals surface area contributed by atoms with Crippen LogP contribution in [0.5, 0.6) is 0 Å². The maximum Gasteiger partial charge on any atom is 0.0467 e. The van der Waals surface area contributed by atoms with E-state index in [1.165, 1.54) is 34.1 Å². The molecular weight excluding hydrogens is 284 g/mol. The molecule has 0 amide bonds. The molecule has 1 aromatic rings. The number of nitrogens with zero attached hydrogens (tertiary/aromatic N) is 1. The summed E-state index contributed by atoms with van der Waals surface area (Å²) in [5, 5.41) is 3.78. The van der Waals surface area contributed by atoms with Crippen LogP contribution in [0, 0.1) is 6.92 Å². The van der Waals surface area contributed by atoms with Crippen molar-refractivity contribution in [2.75, 3.05) is 43.7 Å². The van der Waals surface area contributed by atoms with Gasteiger partial charge < -0.3 is 10.2 Å². The minimum Gasteiger partial charge on any atom is -0.310 e. The number of hydrogen-bond acceptors (Lipinski definition) is 4. The van der Waals surface area contributed by atoms with Crippen molar-refractivity contribution in [1.82, 2.24) is 10.2 Å². The topological polar surface area (TPSA) is 15.3 Å². The van der Waals surface area contributed by atoms with Gasteiger partial charge in [-0.3, -0.25) is 0 Å². The van der Waals surface area contributed by atoms with Gasteiger partial charge in [0.1, 0.15) is 0 Å². The molecule has 1 saturated heterocycles. The minimum absolute atomic E-state index is 0.452. The quantitative estimate of drug-likeness (QED) is 0.899.